The van der Waals surface area contributed by atoms with E-state index in [-0.39, 0.29) is 17.0 Å². The van der Waals surface area contributed by atoms with Crippen LogP contribution in [0.15, 0.2) is 36.4 Å². The van der Waals surface area contributed by atoms with Gasteiger partial charge in [-0.05, 0) is 24.3 Å². The molecule has 0 bridgehead atoms. The summed E-state index contributed by atoms with van der Waals surface area (Å²) in [6, 6.07) is 9.35. The molecule has 0 aliphatic rings. The molecule has 0 aliphatic carbocycles. The molecule has 1 atom stereocenters. The maximum absolute atomic E-state index is 13.8. The van der Waals surface area contributed by atoms with Gasteiger partial charge in [-0.3, -0.25) is 0 Å². The number of para-hydroxylation sites is 1. The molecule has 1 unspecified atom stereocenters. The molecule has 3 rings (SSSR count). The molecular weight excluding hydrogens is 316 g/mol. The summed E-state index contributed by atoms with van der Waals surface area (Å²) in [6.45, 7) is 0. The van der Waals surface area contributed by atoms with Crippen LogP contribution in [-0.2, 0) is 6.42 Å². The van der Waals surface area contributed by atoms with E-state index in [9.17, 15) is 13.9 Å². The van der Waals surface area contributed by atoms with E-state index < -0.39 is 17.7 Å². The molecule has 0 aliphatic heterocycles. The Morgan fingerprint density at radius 1 is 1.19 bits per heavy atom. The predicted octanol–water partition coefficient (Wildman–Crippen LogP) is 4.50. The topological polar surface area (TPSA) is 33.1 Å². The second-order valence-corrected chi connectivity index (χ2v) is 6.11. The molecule has 3 aromatic rings. The van der Waals surface area contributed by atoms with E-state index in [1.165, 1.54) is 11.3 Å². The number of hydrogen-bond donors (Lipinski definition) is 1. The van der Waals surface area contributed by atoms with E-state index in [0.29, 0.717) is 5.01 Å². The van der Waals surface area contributed by atoms with Crippen LogP contribution in [0, 0.1) is 11.6 Å². The first-order valence-electron chi connectivity index (χ1n) is 6.21. The smallest absolute Gasteiger partial charge is 0.142 e. The minimum Gasteiger partial charge on any atom is -0.388 e. The quantitative estimate of drug-likeness (QED) is 0.719. The Kier molecular flexibility index (Phi) is 3.89. The molecule has 1 N–H and O–H groups in total. The number of benzene rings is 2. The summed E-state index contributed by atoms with van der Waals surface area (Å²) in [5.74, 6) is -1.48. The van der Waals surface area contributed by atoms with Crippen molar-refractivity contribution in [3.8, 4) is 0 Å². The average Bonchev–Trinajstić information content (AvgIpc) is 2.84. The van der Waals surface area contributed by atoms with Crippen LogP contribution in [0.2, 0.25) is 5.02 Å². The monoisotopic (exact) mass is 325 g/mol. The molecule has 0 amide bonds. The van der Waals surface area contributed by atoms with Gasteiger partial charge >= 0.3 is 0 Å². The number of nitrogens with zero attached hydrogens (tertiary/aromatic N) is 1. The van der Waals surface area contributed by atoms with Crippen molar-refractivity contribution in [3.05, 3.63) is 63.6 Å². The maximum atomic E-state index is 13.8. The van der Waals surface area contributed by atoms with Crippen LogP contribution in [0.5, 0.6) is 0 Å². The molecular formula is C15H10ClF2NOS. The average molecular weight is 326 g/mol. The fraction of sp³-hybridized carbons (Fsp3) is 0.133. The second kappa shape index (κ2) is 5.67. The van der Waals surface area contributed by atoms with E-state index in [1.807, 2.05) is 24.3 Å². The SMILES string of the molecule is OC(Cc1nc2ccccc2s1)c1cc(F)c(Cl)cc1F. The number of aromatic nitrogens is 1. The third kappa shape index (κ3) is 2.90. The van der Waals surface area contributed by atoms with Crippen molar-refractivity contribution < 1.29 is 13.9 Å². The summed E-state index contributed by atoms with van der Waals surface area (Å²) in [7, 11) is 0. The highest BCUT2D eigenvalue weighted by atomic mass is 35.5. The Bertz CT molecular complexity index is 772. The fourth-order valence-electron chi connectivity index (χ4n) is 2.08. The van der Waals surface area contributed by atoms with Crippen LogP contribution in [0.1, 0.15) is 16.7 Å². The van der Waals surface area contributed by atoms with Crippen molar-refractivity contribution in [2.45, 2.75) is 12.5 Å². The number of fused-ring (bicyclic) bond motifs is 1. The summed E-state index contributed by atoms with van der Waals surface area (Å²) < 4.78 is 28.2. The number of halogens is 3. The van der Waals surface area contributed by atoms with E-state index in [1.54, 1.807) is 0 Å². The molecule has 0 saturated heterocycles. The highest BCUT2D eigenvalue weighted by Crippen LogP contribution is 2.29. The van der Waals surface area contributed by atoms with E-state index in [2.05, 4.69) is 4.98 Å². The first kappa shape index (κ1) is 14.4. The van der Waals surface area contributed by atoms with Crippen molar-refractivity contribution in [1.29, 1.82) is 0 Å². The molecule has 0 radical (unpaired) electrons. The van der Waals surface area contributed by atoms with Gasteiger partial charge in [0.15, 0.2) is 0 Å². The van der Waals surface area contributed by atoms with Crippen LogP contribution >= 0.6 is 22.9 Å². The Morgan fingerprint density at radius 3 is 2.71 bits per heavy atom. The third-order valence-corrected chi connectivity index (χ3v) is 4.45. The van der Waals surface area contributed by atoms with Gasteiger partial charge in [-0.15, -0.1) is 11.3 Å². The number of thiazole rings is 1. The van der Waals surface area contributed by atoms with Crippen molar-refractivity contribution in [3.63, 3.8) is 0 Å². The minimum atomic E-state index is -1.17. The first-order chi connectivity index (χ1) is 10.0. The van der Waals surface area contributed by atoms with E-state index >= 15 is 0 Å². The van der Waals surface area contributed by atoms with Gasteiger partial charge in [0.2, 0.25) is 0 Å². The molecule has 6 heteroatoms. The molecule has 2 aromatic carbocycles. The van der Waals surface area contributed by atoms with Crippen molar-refractivity contribution in [2.24, 2.45) is 0 Å². The fourth-order valence-corrected chi connectivity index (χ4v) is 3.23. The second-order valence-electron chi connectivity index (χ2n) is 4.58. The molecule has 1 aromatic heterocycles. The maximum Gasteiger partial charge on any atom is 0.142 e. The van der Waals surface area contributed by atoms with Crippen molar-refractivity contribution in [2.75, 3.05) is 0 Å². The Balaban J connectivity index is 1.89. The largest absolute Gasteiger partial charge is 0.388 e. The van der Waals surface area contributed by atoms with Gasteiger partial charge in [-0.25, -0.2) is 13.8 Å². The highest BCUT2D eigenvalue weighted by molar-refractivity contribution is 7.18. The van der Waals surface area contributed by atoms with Crippen LogP contribution in [-0.4, -0.2) is 10.1 Å². The van der Waals surface area contributed by atoms with Gasteiger partial charge in [0.25, 0.3) is 0 Å². The lowest BCUT2D eigenvalue weighted by Crippen LogP contribution is -2.05. The van der Waals surface area contributed by atoms with Gasteiger partial charge in [0, 0.05) is 12.0 Å². The molecule has 0 spiro atoms. The van der Waals surface area contributed by atoms with Crippen molar-refractivity contribution in [1.82, 2.24) is 4.98 Å². The summed E-state index contributed by atoms with van der Waals surface area (Å²) in [4.78, 5) is 4.36. The Morgan fingerprint density at radius 2 is 1.95 bits per heavy atom. The first-order valence-corrected chi connectivity index (χ1v) is 7.41. The highest BCUT2D eigenvalue weighted by Gasteiger charge is 2.18. The molecule has 0 saturated carbocycles. The zero-order chi connectivity index (χ0) is 15.0. The molecule has 2 nitrogen and oxygen atoms in total. The minimum absolute atomic E-state index is 0.115. The molecule has 0 fully saturated rings. The summed E-state index contributed by atoms with van der Waals surface area (Å²) in [5.41, 5.74) is 0.712. The zero-order valence-corrected chi connectivity index (χ0v) is 12.3. The van der Waals surface area contributed by atoms with Gasteiger partial charge in [0.1, 0.15) is 11.6 Å². The summed E-state index contributed by atoms with van der Waals surface area (Å²) in [5, 5.41) is 10.5. The Labute approximate surface area is 128 Å². The molecule has 21 heavy (non-hydrogen) atoms. The van der Waals surface area contributed by atoms with Gasteiger partial charge < -0.3 is 5.11 Å². The van der Waals surface area contributed by atoms with Crippen LogP contribution in [0.4, 0.5) is 8.78 Å². The Hall–Kier alpha value is -1.56. The zero-order valence-electron chi connectivity index (χ0n) is 10.7. The van der Waals surface area contributed by atoms with Gasteiger partial charge in [-0.2, -0.15) is 0 Å². The van der Waals surface area contributed by atoms with E-state index in [4.69, 9.17) is 11.6 Å². The normalized spacial score (nSPS) is 12.8. The summed E-state index contributed by atoms with van der Waals surface area (Å²) >= 11 is 6.92. The lowest BCUT2D eigenvalue weighted by Gasteiger charge is -2.11. The number of aliphatic hydroxyl groups excluding tert-OH is 1. The number of hydrogen-bond acceptors (Lipinski definition) is 3. The molecule has 1 heterocycles. The number of aliphatic hydroxyl groups is 1. The predicted molar refractivity (Wildman–Crippen MR) is 79.7 cm³/mol. The number of rotatable bonds is 3. The molecule has 108 valence electrons. The van der Waals surface area contributed by atoms with Crippen molar-refractivity contribution >= 4 is 33.2 Å². The van der Waals surface area contributed by atoms with Crippen LogP contribution in [0.25, 0.3) is 10.2 Å². The third-order valence-electron chi connectivity index (χ3n) is 3.10. The van der Waals surface area contributed by atoms with E-state index in [0.717, 1.165) is 22.3 Å². The standard InChI is InChI=1S/C15H10ClF2NOS/c16-9-6-10(17)8(5-11(9)18)13(20)7-15-19-12-3-1-2-4-14(12)21-15/h1-6,13,20H,7H2. The lowest BCUT2D eigenvalue weighted by atomic mass is 10.1. The lowest BCUT2D eigenvalue weighted by molar-refractivity contribution is 0.173. The van der Waals surface area contributed by atoms with Gasteiger partial charge in [0.05, 0.1) is 26.4 Å². The van der Waals surface area contributed by atoms with Crippen LogP contribution in [0.3, 0.4) is 0 Å². The van der Waals surface area contributed by atoms with Crippen LogP contribution < -0.4 is 0 Å². The summed E-state index contributed by atoms with van der Waals surface area (Å²) in [6.07, 6.45) is -1.05. The van der Waals surface area contributed by atoms with Gasteiger partial charge in [-0.1, -0.05) is 23.7 Å².